The molecule has 2 aliphatic carbocycles. The van der Waals surface area contributed by atoms with Crippen molar-refractivity contribution in [2.45, 2.75) is 37.4 Å². The van der Waals surface area contributed by atoms with Crippen LogP contribution in [-0.2, 0) is 14.3 Å². The van der Waals surface area contributed by atoms with Gasteiger partial charge in [-0.3, -0.25) is 14.9 Å². The number of carboxylic acids is 1. The normalized spacial score (nSPS) is 17.6. The van der Waals surface area contributed by atoms with E-state index < -0.39 is 41.6 Å². The standard InChI is InChI=1S/C24H23F3N2O5/c1-22(24(25,26)27,19(30)28-13-23(10-11-23)20(31)32)29-21(33)34-12-18-16-8-4-2-6-14(16)15-7-3-5-9-17(15)18/h2-9,18H,10-13H2,1H3,(H,28,30)(H,29,33)(H,31,32). The van der Waals surface area contributed by atoms with Gasteiger partial charge in [-0.05, 0) is 42.0 Å². The molecule has 0 bridgehead atoms. The minimum absolute atomic E-state index is 0.225. The molecule has 7 nitrogen and oxygen atoms in total. The van der Waals surface area contributed by atoms with E-state index in [1.165, 1.54) is 0 Å². The van der Waals surface area contributed by atoms with Gasteiger partial charge in [-0.15, -0.1) is 0 Å². The average molecular weight is 476 g/mol. The van der Waals surface area contributed by atoms with Gasteiger partial charge in [0.2, 0.25) is 5.54 Å². The number of alkyl halides is 3. The van der Waals surface area contributed by atoms with Gasteiger partial charge in [0.15, 0.2) is 0 Å². The number of nitrogens with one attached hydrogen (secondary N) is 2. The molecule has 1 fully saturated rings. The molecule has 0 saturated heterocycles. The summed E-state index contributed by atoms with van der Waals surface area (Å²) in [5.41, 5.74) is -0.874. The van der Waals surface area contributed by atoms with Crippen LogP contribution in [0.25, 0.3) is 11.1 Å². The van der Waals surface area contributed by atoms with Gasteiger partial charge in [0.1, 0.15) is 6.61 Å². The highest BCUT2D eigenvalue weighted by Gasteiger charge is 2.59. The van der Waals surface area contributed by atoms with Gasteiger partial charge in [0.25, 0.3) is 5.91 Å². The van der Waals surface area contributed by atoms with E-state index in [1.807, 2.05) is 53.8 Å². The summed E-state index contributed by atoms with van der Waals surface area (Å²) in [6.45, 7) is -0.166. The first-order chi connectivity index (χ1) is 16.0. The Labute approximate surface area is 193 Å². The van der Waals surface area contributed by atoms with Crippen molar-refractivity contribution in [1.82, 2.24) is 10.6 Å². The summed E-state index contributed by atoms with van der Waals surface area (Å²) in [6.07, 6.45) is -6.05. The highest BCUT2D eigenvalue weighted by Crippen LogP contribution is 2.46. The van der Waals surface area contributed by atoms with E-state index in [1.54, 1.807) is 5.32 Å². The first-order valence-corrected chi connectivity index (χ1v) is 10.7. The number of benzene rings is 2. The number of carbonyl (C=O) groups is 3. The van der Waals surface area contributed by atoms with E-state index in [0.717, 1.165) is 22.3 Å². The molecule has 180 valence electrons. The highest BCUT2D eigenvalue weighted by atomic mass is 19.4. The van der Waals surface area contributed by atoms with Crippen LogP contribution in [0.15, 0.2) is 48.5 Å². The molecule has 1 unspecified atom stereocenters. The molecule has 1 saturated carbocycles. The number of carboxylic acid groups (broad SMARTS) is 1. The maximum Gasteiger partial charge on any atom is 0.420 e. The predicted octanol–water partition coefficient (Wildman–Crippen LogP) is 3.83. The van der Waals surface area contributed by atoms with Crippen LogP contribution < -0.4 is 10.6 Å². The molecule has 0 heterocycles. The number of aliphatic carboxylic acids is 1. The zero-order valence-electron chi connectivity index (χ0n) is 18.2. The number of amides is 2. The van der Waals surface area contributed by atoms with Crippen LogP contribution >= 0.6 is 0 Å². The molecule has 2 aliphatic rings. The number of hydrogen-bond acceptors (Lipinski definition) is 4. The molecular weight excluding hydrogens is 453 g/mol. The van der Waals surface area contributed by atoms with E-state index in [4.69, 9.17) is 4.74 Å². The van der Waals surface area contributed by atoms with Crippen LogP contribution in [-0.4, -0.2) is 47.9 Å². The topological polar surface area (TPSA) is 105 Å². The third-order valence-electron chi connectivity index (χ3n) is 6.61. The van der Waals surface area contributed by atoms with E-state index in [9.17, 15) is 32.7 Å². The second kappa shape index (κ2) is 8.34. The molecule has 2 amide bonds. The minimum atomic E-state index is -5.15. The average Bonchev–Trinajstić information content (AvgIpc) is 3.52. The number of ether oxygens (including phenoxy) is 1. The lowest BCUT2D eigenvalue weighted by atomic mass is 9.98. The summed E-state index contributed by atoms with van der Waals surface area (Å²) in [6, 6.07) is 15.0. The maximum atomic E-state index is 13.8. The van der Waals surface area contributed by atoms with Crippen molar-refractivity contribution >= 4 is 18.0 Å². The molecular formula is C24H23F3N2O5. The van der Waals surface area contributed by atoms with Gasteiger partial charge in [0, 0.05) is 12.5 Å². The van der Waals surface area contributed by atoms with Crippen LogP contribution in [0.4, 0.5) is 18.0 Å². The maximum absolute atomic E-state index is 13.8. The van der Waals surface area contributed by atoms with Crippen molar-refractivity contribution in [3.05, 3.63) is 59.7 Å². The summed E-state index contributed by atoms with van der Waals surface area (Å²) in [5.74, 6) is -3.11. The van der Waals surface area contributed by atoms with E-state index in [2.05, 4.69) is 0 Å². The van der Waals surface area contributed by atoms with E-state index >= 15 is 0 Å². The van der Waals surface area contributed by atoms with Crippen molar-refractivity contribution in [3.63, 3.8) is 0 Å². The Morgan fingerprint density at radius 3 is 2.03 bits per heavy atom. The van der Waals surface area contributed by atoms with Crippen LogP contribution in [0, 0.1) is 5.41 Å². The van der Waals surface area contributed by atoms with Crippen molar-refractivity contribution in [2.75, 3.05) is 13.2 Å². The fraction of sp³-hybridized carbons (Fsp3) is 0.375. The Morgan fingerprint density at radius 1 is 1.03 bits per heavy atom. The molecule has 10 heteroatoms. The van der Waals surface area contributed by atoms with Crippen LogP contribution in [0.1, 0.15) is 36.8 Å². The largest absolute Gasteiger partial charge is 0.481 e. The van der Waals surface area contributed by atoms with Crippen LogP contribution in [0.2, 0.25) is 0 Å². The third kappa shape index (κ3) is 4.08. The Kier molecular flexibility index (Phi) is 5.79. The monoisotopic (exact) mass is 476 g/mol. The molecule has 2 aromatic rings. The SMILES string of the molecule is CC(NC(=O)OCC1c2ccccc2-c2ccccc21)(C(=O)NCC1(C(=O)O)CC1)C(F)(F)F. The molecule has 0 radical (unpaired) electrons. The minimum Gasteiger partial charge on any atom is -0.481 e. The first-order valence-electron chi connectivity index (χ1n) is 10.7. The summed E-state index contributed by atoms with van der Waals surface area (Å²) in [7, 11) is 0. The molecule has 34 heavy (non-hydrogen) atoms. The van der Waals surface area contributed by atoms with Gasteiger partial charge in [-0.1, -0.05) is 48.5 Å². The van der Waals surface area contributed by atoms with Gasteiger partial charge in [0.05, 0.1) is 5.41 Å². The molecule has 0 aliphatic heterocycles. The fourth-order valence-electron chi connectivity index (χ4n) is 4.14. The molecule has 2 aromatic carbocycles. The zero-order chi connectivity index (χ0) is 24.7. The lowest BCUT2D eigenvalue weighted by Gasteiger charge is -2.31. The van der Waals surface area contributed by atoms with Crippen molar-refractivity contribution < 1.29 is 37.4 Å². The number of fused-ring (bicyclic) bond motifs is 3. The molecule has 4 rings (SSSR count). The summed E-state index contributed by atoms with van der Waals surface area (Å²) >= 11 is 0. The summed E-state index contributed by atoms with van der Waals surface area (Å²) in [5, 5.41) is 12.9. The Balaban J connectivity index is 1.45. The third-order valence-corrected chi connectivity index (χ3v) is 6.61. The molecule has 1 atom stereocenters. The number of rotatable bonds is 7. The Hall–Kier alpha value is -3.56. The van der Waals surface area contributed by atoms with Gasteiger partial charge in [-0.25, -0.2) is 4.79 Å². The zero-order valence-corrected chi connectivity index (χ0v) is 18.2. The number of carbonyl (C=O) groups excluding carboxylic acids is 2. The van der Waals surface area contributed by atoms with Crippen LogP contribution in [0.5, 0.6) is 0 Å². The van der Waals surface area contributed by atoms with Gasteiger partial charge < -0.3 is 15.2 Å². The van der Waals surface area contributed by atoms with E-state index in [0.29, 0.717) is 6.92 Å². The van der Waals surface area contributed by atoms with Crippen LogP contribution in [0.3, 0.4) is 0 Å². The van der Waals surface area contributed by atoms with Crippen molar-refractivity contribution in [2.24, 2.45) is 5.41 Å². The summed E-state index contributed by atoms with van der Waals surface area (Å²) in [4.78, 5) is 36.1. The van der Waals surface area contributed by atoms with Gasteiger partial charge >= 0.3 is 18.2 Å². The second-order valence-corrected chi connectivity index (χ2v) is 8.84. The highest BCUT2D eigenvalue weighted by molar-refractivity contribution is 5.91. The number of hydrogen-bond donors (Lipinski definition) is 3. The number of alkyl carbamates (subject to hydrolysis) is 1. The number of halogens is 3. The lowest BCUT2D eigenvalue weighted by molar-refractivity contribution is -0.194. The second-order valence-electron chi connectivity index (χ2n) is 8.84. The van der Waals surface area contributed by atoms with Gasteiger partial charge in [-0.2, -0.15) is 13.2 Å². The summed E-state index contributed by atoms with van der Waals surface area (Å²) < 4.78 is 46.5. The van der Waals surface area contributed by atoms with E-state index in [-0.39, 0.29) is 25.4 Å². The predicted molar refractivity (Wildman–Crippen MR) is 115 cm³/mol. The molecule has 3 N–H and O–H groups in total. The van der Waals surface area contributed by atoms with Crippen molar-refractivity contribution in [1.29, 1.82) is 0 Å². The first kappa shape index (κ1) is 23.6. The Bertz CT molecular complexity index is 1100. The molecule has 0 spiro atoms. The quantitative estimate of drug-likeness (QED) is 0.564. The fourth-order valence-corrected chi connectivity index (χ4v) is 4.14. The van der Waals surface area contributed by atoms with Crippen molar-refractivity contribution in [3.8, 4) is 11.1 Å². The molecule has 0 aromatic heterocycles. The smallest absolute Gasteiger partial charge is 0.420 e. The Morgan fingerprint density at radius 2 is 1.56 bits per heavy atom. The lowest BCUT2D eigenvalue weighted by Crippen LogP contribution is -2.65.